The van der Waals surface area contributed by atoms with E-state index in [1.807, 2.05) is 37.3 Å². The van der Waals surface area contributed by atoms with Gasteiger partial charge in [0.25, 0.3) is 0 Å². The molecule has 2 aromatic rings. The quantitative estimate of drug-likeness (QED) is 0.605. The third-order valence-corrected chi connectivity index (χ3v) is 4.55. The molecule has 6 nitrogen and oxygen atoms in total. The highest BCUT2D eigenvalue weighted by Crippen LogP contribution is 2.34. The van der Waals surface area contributed by atoms with E-state index in [-0.39, 0.29) is 31.2 Å². The summed E-state index contributed by atoms with van der Waals surface area (Å²) >= 11 is 5.95. The van der Waals surface area contributed by atoms with Gasteiger partial charge in [0.15, 0.2) is 0 Å². The Morgan fingerprint density at radius 2 is 1.85 bits per heavy atom. The molecule has 0 saturated heterocycles. The summed E-state index contributed by atoms with van der Waals surface area (Å²) in [6.07, 6.45) is 3.53. The molecule has 0 aliphatic carbocycles. The molecule has 2 rings (SSSR count). The average Bonchev–Trinajstić information content (AvgIpc) is 2.68. The van der Waals surface area contributed by atoms with E-state index in [4.69, 9.17) is 21.1 Å². The zero-order valence-electron chi connectivity index (χ0n) is 15.5. The van der Waals surface area contributed by atoms with E-state index in [0.717, 1.165) is 5.56 Å². The lowest BCUT2D eigenvalue weighted by Gasteiger charge is -2.29. The molecule has 0 radical (unpaired) electrons. The third kappa shape index (κ3) is 5.50. The predicted molar refractivity (Wildman–Crippen MR) is 101 cm³/mol. The topological polar surface area (TPSA) is 78.4 Å². The molecule has 1 atom stereocenters. The first kappa shape index (κ1) is 20.8. The molecule has 27 heavy (non-hydrogen) atoms. The van der Waals surface area contributed by atoms with Crippen LogP contribution in [0, 0.1) is 0 Å². The normalized spacial score (nSPS) is 12.9. The second kappa shape index (κ2) is 10.0. The maximum Gasteiger partial charge on any atom is 0.318 e. The van der Waals surface area contributed by atoms with Gasteiger partial charge < -0.3 is 9.47 Å². The average molecular weight is 391 g/mol. The Morgan fingerprint density at radius 1 is 1.11 bits per heavy atom. The fourth-order valence-corrected chi connectivity index (χ4v) is 2.95. The first-order chi connectivity index (χ1) is 13.0. The van der Waals surface area contributed by atoms with Gasteiger partial charge in [-0.15, -0.1) is 0 Å². The monoisotopic (exact) mass is 390 g/mol. The molecule has 0 aliphatic heterocycles. The molecular weight excluding hydrogens is 368 g/mol. The Bertz CT molecular complexity index is 770. The standard InChI is InChI=1S/C20H23ClN2O4/c1-3-20(19(25)26-4-2,16-12-22-13-17(21)23-16)11-10-18(24)27-14-15-8-6-5-7-9-15/h5-9,12-13H,3-4,10-11,14H2,1-2H3. The van der Waals surface area contributed by atoms with E-state index in [1.54, 1.807) is 6.92 Å². The second-order valence-corrected chi connectivity index (χ2v) is 6.42. The number of carbonyl (C=O) groups excluding carboxylic acids is 2. The molecule has 7 heteroatoms. The number of ether oxygens (including phenoxy) is 2. The van der Waals surface area contributed by atoms with Gasteiger partial charge in [-0.05, 0) is 25.3 Å². The van der Waals surface area contributed by atoms with Crippen LogP contribution in [0.25, 0.3) is 0 Å². The second-order valence-electron chi connectivity index (χ2n) is 6.03. The van der Waals surface area contributed by atoms with Gasteiger partial charge in [-0.3, -0.25) is 14.6 Å². The minimum atomic E-state index is -1.10. The third-order valence-electron chi connectivity index (χ3n) is 4.36. The highest BCUT2D eigenvalue weighted by Gasteiger charge is 2.42. The molecule has 1 unspecified atom stereocenters. The first-order valence-corrected chi connectivity index (χ1v) is 9.24. The van der Waals surface area contributed by atoms with Crippen LogP contribution in [0.1, 0.15) is 44.4 Å². The van der Waals surface area contributed by atoms with E-state index in [2.05, 4.69) is 9.97 Å². The van der Waals surface area contributed by atoms with E-state index in [0.29, 0.717) is 12.1 Å². The molecule has 0 fully saturated rings. The number of halogens is 1. The molecule has 144 valence electrons. The van der Waals surface area contributed by atoms with Gasteiger partial charge in [0, 0.05) is 12.6 Å². The van der Waals surface area contributed by atoms with Crippen molar-refractivity contribution in [1.82, 2.24) is 9.97 Å². The molecule has 1 aromatic heterocycles. The van der Waals surface area contributed by atoms with Crippen molar-refractivity contribution in [2.75, 3.05) is 6.61 Å². The molecule has 0 saturated carbocycles. The Kier molecular flexibility index (Phi) is 7.73. The van der Waals surface area contributed by atoms with Crippen molar-refractivity contribution in [3.8, 4) is 0 Å². The minimum Gasteiger partial charge on any atom is -0.465 e. The summed E-state index contributed by atoms with van der Waals surface area (Å²) in [6.45, 7) is 3.99. The fourth-order valence-electron chi connectivity index (χ4n) is 2.80. The van der Waals surface area contributed by atoms with Crippen molar-refractivity contribution in [1.29, 1.82) is 0 Å². The van der Waals surface area contributed by atoms with Crippen LogP contribution in [-0.2, 0) is 31.1 Å². The van der Waals surface area contributed by atoms with Crippen molar-refractivity contribution in [2.24, 2.45) is 0 Å². The number of hydrogen-bond donors (Lipinski definition) is 0. The van der Waals surface area contributed by atoms with Gasteiger partial charge in [0.2, 0.25) is 0 Å². The Balaban J connectivity index is 2.11. The largest absolute Gasteiger partial charge is 0.465 e. The molecule has 0 N–H and O–H groups in total. The van der Waals surface area contributed by atoms with Gasteiger partial charge in [-0.1, -0.05) is 48.9 Å². The lowest BCUT2D eigenvalue weighted by atomic mass is 9.77. The minimum absolute atomic E-state index is 0.0493. The maximum atomic E-state index is 12.7. The van der Waals surface area contributed by atoms with Gasteiger partial charge in [-0.2, -0.15) is 0 Å². The lowest BCUT2D eigenvalue weighted by molar-refractivity contribution is -0.152. The summed E-state index contributed by atoms with van der Waals surface area (Å²) in [5, 5.41) is 0.182. The molecular formula is C20H23ClN2O4. The number of hydrogen-bond acceptors (Lipinski definition) is 6. The van der Waals surface area contributed by atoms with E-state index < -0.39 is 17.4 Å². The van der Waals surface area contributed by atoms with Crippen molar-refractivity contribution in [2.45, 2.75) is 45.1 Å². The maximum absolute atomic E-state index is 12.7. The van der Waals surface area contributed by atoms with Crippen molar-refractivity contribution in [3.05, 3.63) is 59.1 Å². The van der Waals surface area contributed by atoms with Crippen LogP contribution in [0.15, 0.2) is 42.7 Å². The molecule has 0 bridgehead atoms. The Labute approximate surface area is 163 Å². The van der Waals surface area contributed by atoms with Crippen LogP contribution in [0.4, 0.5) is 0 Å². The van der Waals surface area contributed by atoms with Crippen molar-refractivity contribution >= 4 is 23.5 Å². The van der Waals surface area contributed by atoms with Crippen LogP contribution in [0.2, 0.25) is 5.15 Å². The molecule has 0 aliphatic rings. The van der Waals surface area contributed by atoms with Crippen molar-refractivity contribution < 1.29 is 19.1 Å². The zero-order chi connectivity index (χ0) is 19.7. The number of esters is 2. The van der Waals surface area contributed by atoms with E-state index in [1.165, 1.54) is 12.4 Å². The SMILES string of the molecule is CCOC(=O)C(CC)(CCC(=O)OCc1ccccc1)c1cncc(Cl)n1. The summed E-state index contributed by atoms with van der Waals surface area (Å²) in [5.41, 5.74) is 0.199. The summed E-state index contributed by atoms with van der Waals surface area (Å²) in [6, 6.07) is 9.41. The highest BCUT2D eigenvalue weighted by molar-refractivity contribution is 6.29. The summed E-state index contributed by atoms with van der Waals surface area (Å²) in [7, 11) is 0. The number of aromatic nitrogens is 2. The van der Waals surface area contributed by atoms with Gasteiger partial charge in [-0.25, -0.2) is 4.98 Å². The molecule has 0 spiro atoms. The molecule has 0 amide bonds. The summed E-state index contributed by atoms with van der Waals surface area (Å²) < 4.78 is 10.6. The highest BCUT2D eigenvalue weighted by atomic mass is 35.5. The Hall–Kier alpha value is -2.47. The van der Waals surface area contributed by atoms with Gasteiger partial charge in [0.05, 0.1) is 18.5 Å². The van der Waals surface area contributed by atoms with Crippen LogP contribution >= 0.6 is 11.6 Å². The summed E-state index contributed by atoms with van der Waals surface area (Å²) in [5.74, 6) is -0.837. The lowest BCUT2D eigenvalue weighted by Crippen LogP contribution is -2.38. The first-order valence-electron chi connectivity index (χ1n) is 8.86. The van der Waals surface area contributed by atoms with Crippen LogP contribution in [0.3, 0.4) is 0 Å². The van der Waals surface area contributed by atoms with Crippen LogP contribution in [0.5, 0.6) is 0 Å². The number of carbonyl (C=O) groups is 2. The van der Waals surface area contributed by atoms with Crippen LogP contribution in [-0.4, -0.2) is 28.5 Å². The molecule has 1 aromatic carbocycles. The van der Waals surface area contributed by atoms with E-state index >= 15 is 0 Å². The Morgan fingerprint density at radius 3 is 2.48 bits per heavy atom. The van der Waals surface area contributed by atoms with Crippen LogP contribution < -0.4 is 0 Å². The summed E-state index contributed by atoms with van der Waals surface area (Å²) in [4.78, 5) is 33.2. The fraction of sp³-hybridized carbons (Fsp3) is 0.400. The van der Waals surface area contributed by atoms with E-state index in [9.17, 15) is 9.59 Å². The van der Waals surface area contributed by atoms with Gasteiger partial charge in [0.1, 0.15) is 17.2 Å². The smallest absolute Gasteiger partial charge is 0.318 e. The number of benzene rings is 1. The predicted octanol–water partition coefficient (Wildman–Crippen LogP) is 3.86. The number of nitrogens with zero attached hydrogens (tertiary/aromatic N) is 2. The zero-order valence-corrected chi connectivity index (χ0v) is 16.2. The van der Waals surface area contributed by atoms with Gasteiger partial charge >= 0.3 is 11.9 Å². The van der Waals surface area contributed by atoms with Crippen molar-refractivity contribution in [3.63, 3.8) is 0 Å². The molecule has 1 heterocycles. The number of rotatable bonds is 9.